The van der Waals surface area contributed by atoms with Crippen molar-refractivity contribution in [3.63, 3.8) is 0 Å². The minimum atomic E-state index is -0.314. The van der Waals surface area contributed by atoms with Crippen LogP contribution in [0.1, 0.15) is 263 Å². The number of aldehydes is 2. The molecule has 6 aromatic rings. The fraction of sp³-hybridized carbons (Fsp3) is 0.462. The number of phenolic OH excluding ortho intramolecular Hbond substituents is 1. The van der Waals surface area contributed by atoms with E-state index in [-0.39, 0.29) is 88.9 Å². The predicted octanol–water partition coefficient (Wildman–Crippen LogP) is 16.1. The maximum atomic E-state index is 13.1. The number of rotatable bonds is 20. The molecule has 114 heavy (non-hydrogen) atoms. The van der Waals surface area contributed by atoms with E-state index in [1.54, 1.807) is 62.1 Å². The average molecular weight is 1550 g/mol. The minimum Gasteiger partial charge on any atom is -0.508 e. The zero-order chi connectivity index (χ0) is 79.9. The van der Waals surface area contributed by atoms with Gasteiger partial charge in [0.15, 0.2) is 29.4 Å². The molecule has 5 heterocycles. The molecule has 16 rings (SSSR count). The second-order valence-electron chi connectivity index (χ2n) is 30.8. The first kappa shape index (κ1) is 83.2. The van der Waals surface area contributed by atoms with E-state index in [9.17, 15) is 53.1 Å². The van der Waals surface area contributed by atoms with E-state index < -0.39 is 0 Å². The van der Waals surface area contributed by atoms with E-state index in [4.69, 9.17) is 28.4 Å². The summed E-state index contributed by atoms with van der Waals surface area (Å²) in [6.45, 7) is 9.98. The molecule has 21 nitrogen and oxygen atoms in total. The van der Waals surface area contributed by atoms with E-state index in [2.05, 4.69) is 18.2 Å². The number of Topliss-reactive ketones (excluding diaryl/α,β-unsaturated/α-hetero) is 4. The highest BCUT2D eigenvalue weighted by Gasteiger charge is 2.42. The second kappa shape index (κ2) is 41.2. The van der Waals surface area contributed by atoms with Gasteiger partial charge in [0.2, 0.25) is 0 Å². The zero-order valence-corrected chi connectivity index (χ0v) is 65.9. The van der Waals surface area contributed by atoms with Crippen molar-refractivity contribution in [1.82, 2.24) is 19.6 Å². The van der Waals surface area contributed by atoms with E-state index in [0.29, 0.717) is 135 Å². The summed E-state index contributed by atoms with van der Waals surface area (Å²) in [6, 6.07) is 34.8. The van der Waals surface area contributed by atoms with Crippen LogP contribution in [-0.4, -0.2) is 148 Å². The minimum absolute atomic E-state index is 0.0480. The third-order valence-electron chi connectivity index (χ3n) is 23.1. The number of carbonyl (C=O) groups excluding carboxylic acids is 10. The van der Waals surface area contributed by atoms with Crippen molar-refractivity contribution in [2.75, 3.05) is 33.0 Å². The Morgan fingerprint density at radius 3 is 1.07 bits per heavy atom. The molecule has 0 aromatic heterocycles. The van der Waals surface area contributed by atoms with Crippen LogP contribution in [-0.2, 0) is 72.8 Å². The molecule has 4 saturated carbocycles. The third kappa shape index (κ3) is 20.8. The molecule has 602 valence electrons. The van der Waals surface area contributed by atoms with Gasteiger partial charge >= 0.3 is 0 Å². The Kier molecular flexibility index (Phi) is 30.1. The summed E-state index contributed by atoms with van der Waals surface area (Å²) in [6.07, 6.45) is 29.7. The van der Waals surface area contributed by atoms with Crippen molar-refractivity contribution in [3.05, 3.63) is 212 Å². The maximum Gasteiger partial charge on any atom is 0.255 e. The molecule has 21 heteroatoms. The summed E-state index contributed by atoms with van der Waals surface area (Å²) < 4.78 is 34.7. The standard InChI is InChI=1S/C27H35NO5.2C23H23NO4.C15H17NO3.C5H10O/c1-3-31-27(32-4-2)20-15-13-19(14-16-20)18-33-25-12-8-9-21-22(25)17-28(26(21)30)23-10-6-5-7-11-24(23)29;2*25-14-16-9-11-17(12-10-16)15-28-22-8-4-5-18-19(22)13-24(23(18)27)20-6-2-1-3-7-21(20)26;17-13-8-4-5-10-11(13)9-16(15(10)19)12-6-2-1-3-7-14(12)18;1-2-4-6-5-3-1/h8-9,12-15,20,23,27H,3-7,10-11,16-18H2,1-2H3;2*4-5,8-12,14,20H,1-3,6-7,13,15H2;4-5,8,12,17H,1-3,6-7,9H2;1-5H2/t20?,23-;2*20-;12-;/m0000./s1. The number of benzene rings is 6. The maximum absolute atomic E-state index is 13.1. The summed E-state index contributed by atoms with van der Waals surface area (Å²) in [7, 11) is 0. The van der Waals surface area contributed by atoms with Crippen molar-refractivity contribution in [2.24, 2.45) is 5.92 Å². The fourth-order valence-corrected chi connectivity index (χ4v) is 16.8. The highest BCUT2D eigenvalue weighted by molar-refractivity contribution is 6.05. The Morgan fingerprint density at radius 2 is 0.754 bits per heavy atom. The smallest absolute Gasteiger partial charge is 0.255 e. The van der Waals surface area contributed by atoms with Crippen molar-refractivity contribution in [1.29, 1.82) is 0 Å². The number of fused-ring (bicyclic) bond motifs is 4. The predicted molar refractivity (Wildman–Crippen MR) is 429 cm³/mol. The molecule has 0 bridgehead atoms. The molecule has 0 radical (unpaired) electrons. The molecule has 5 aliphatic carbocycles. The van der Waals surface area contributed by atoms with Crippen LogP contribution in [0.4, 0.5) is 0 Å². The average Bonchev–Trinajstić information content (AvgIpc) is 1.65. The monoisotopic (exact) mass is 1550 g/mol. The van der Waals surface area contributed by atoms with Crippen LogP contribution in [0.15, 0.2) is 145 Å². The van der Waals surface area contributed by atoms with Gasteiger partial charge in [0.25, 0.3) is 23.6 Å². The molecule has 4 amide bonds. The number of nitrogens with zero attached hydrogens (tertiary/aromatic N) is 4. The fourth-order valence-electron chi connectivity index (χ4n) is 16.8. The zero-order valence-electron chi connectivity index (χ0n) is 65.9. The van der Waals surface area contributed by atoms with E-state index in [0.717, 1.165) is 174 Å². The SMILES string of the molecule is C1CCOCC1.CCOC(OCC)C1C=CC(COc2cccc3c2CN([C@H]2CCCCCC2=O)C3=O)=CC1.O=C1CCCCC[C@@H]1N1Cc2c(O)cccc2C1=O.O=Cc1ccc(COc2cccc3c2CN([C@H]2CCCCCC2=O)C3=O)cc1.O=Cc1ccc(COc2cccc3c2CN([C@H]2CCCCCC2=O)C3=O)cc1. The van der Waals surface area contributed by atoms with Gasteiger partial charge in [-0.05, 0) is 156 Å². The van der Waals surface area contributed by atoms with Gasteiger partial charge in [-0.15, -0.1) is 0 Å². The van der Waals surface area contributed by atoms with Gasteiger partial charge in [-0.2, -0.15) is 0 Å². The molecule has 5 atom stereocenters. The summed E-state index contributed by atoms with van der Waals surface area (Å²) in [5.41, 5.74) is 9.96. The molecular weight excluding hydrogens is 1450 g/mol. The first-order valence-corrected chi connectivity index (χ1v) is 41.3. The topological polar surface area (TPSA) is 259 Å². The summed E-state index contributed by atoms with van der Waals surface area (Å²) in [4.78, 5) is 129. The van der Waals surface area contributed by atoms with Crippen LogP contribution >= 0.6 is 0 Å². The van der Waals surface area contributed by atoms with Crippen molar-refractivity contribution in [3.8, 4) is 23.0 Å². The number of ether oxygens (including phenoxy) is 6. The van der Waals surface area contributed by atoms with Gasteiger partial charge in [0.05, 0.1) is 50.3 Å². The van der Waals surface area contributed by atoms with Crippen LogP contribution in [0.2, 0.25) is 0 Å². The number of phenols is 1. The van der Waals surface area contributed by atoms with Crippen molar-refractivity contribution in [2.45, 2.75) is 238 Å². The largest absolute Gasteiger partial charge is 0.508 e. The van der Waals surface area contributed by atoms with Gasteiger partial charge in [-0.25, -0.2) is 0 Å². The second-order valence-corrected chi connectivity index (χ2v) is 30.8. The Bertz CT molecular complexity index is 4300. The van der Waals surface area contributed by atoms with Crippen molar-refractivity contribution >= 4 is 59.3 Å². The molecule has 1 N–H and O–H groups in total. The van der Waals surface area contributed by atoms with Gasteiger partial charge in [0, 0.05) is 114 Å². The summed E-state index contributed by atoms with van der Waals surface area (Å²) in [5.74, 6) is 2.82. The normalized spacial score (nSPS) is 21.3. The Morgan fingerprint density at radius 1 is 0.412 bits per heavy atom. The number of allylic oxidation sites excluding steroid dienone is 1. The van der Waals surface area contributed by atoms with Crippen LogP contribution in [0.3, 0.4) is 0 Å². The number of aromatic hydroxyl groups is 1. The Balaban J connectivity index is 0.000000139. The lowest BCUT2D eigenvalue weighted by Crippen LogP contribution is -2.40. The Hall–Kier alpha value is -10.2. The van der Waals surface area contributed by atoms with Gasteiger partial charge in [0.1, 0.15) is 55.4 Å². The van der Waals surface area contributed by atoms with Crippen LogP contribution in [0.25, 0.3) is 0 Å². The molecule has 10 aliphatic rings. The highest BCUT2D eigenvalue weighted by Crippen LogP contribution is 2.40. The van der Waals surface area contributed by atoms with Gasteiger partial charge < -0.3 is 53.1 Å². The number of hydrogen-bond acceptors (Lipinski definition) is 17. The summed E-state index contributed by atoms with van der Waals surface area (Å²) in [5, 5.41) is 9.82. The molecule has 1 unspecified atom stereocenters. The number of ketones is 4. The number of hydrogen-bond donors (Lipinski definition) is 1. The molecule has 6 aromatic carbocycles. The lowest BCUT2D eigenvalue weighted by Gasteiger charge is -2.26. The van der Waals surface area contributed by atoms with E-state index in [1.165, 1.54) is 19.3 Å². The first-order valence-electron chi connectivity index (χ1n) is 41.3. The summed E-state index contributed by atoms with van der Waals surface area (Å²) >= 11 is 0. The molecule has 5 aliphatic heterocycles. The van der Waals surface area contributed by atoms with Crippen LogP contribution in [0.5, 0.6) is 23.0 Å². The van der Waals surface area contributed by atoms with Crippen LogP contribution < -0.4 is 14.2 Å². The number of amides is 4. The Labute approximate surface area is 668 Å². The van der Waals surface area contributed by atoms with Crippen LogP contribution in [0, 0.1) is 5.92 Å². The third-order valence-corrected chi connectivity index (χ3v) is 23.1. The lowest BCUT2D eigenvalue weighted by atomic mass is 9.96. The van der Waals surface area contributed by atoms with E-state index in [1.807, 2.05) is 92.7 Å². The van der Waals surface area contributed by atoms with E-state index >= 15 is 0 Å². The molecular formula is C93H108N4O17. The van der Waals surface area contributed by atoms with Gasteiger partial charge in [-0.3, -0.25) is 47.9 Å². The lowest BCUT2D eigenvalue weighted by molar-refractivity contribution is -0.157. The highest BCUT2D eigenvalue weighted by atomic mass is 16.7. The number of carbonyl (C=O) groups is 10. The molecule has 5 fully saturated rings. The van der Waals surface area contributed by atoms with Crippen molar-refractivity contribution < 1.29 is 81.5 Å². The quantitative estimate of drug-likeness (QED) is 0.0423. The van der Waals surface area contributed by atoms with Gasteiger partial charge in [-0.1, -0.05) is 142 Å². The molecule has 0 spiro atoms. The molecule has 1 saturated heterocycles. The first-order chi connectivity index (χ1) is 55.6.